The maximum Gasteiger partial charge on any atom is 0.263 e. The number of ether oxygens (including phenoxy) is 1. The van der Waals surface area contributed by atoms with E-state index in [0.29, 0.717) is 16.3 Å². The van der Waals surface area contributed by atoms with Crippen LogP contribution in [0, 0.1) is 6.92 Å². The van der Waals surface area contributed by atoms with Crippen LogP contribution in [0.3, 0.4) is 0 Å². The standard InChI is InChI=1S/C13H14N2O4S2/c1-8-12(7-11(20-8)13(14)16)21(17,18)15-9-5-3-4-6-10(9)19-2/h3-7,15H,1-2H3,(H2,14,16). The molecule has 1 heterocycles. The molecule has 0 aliphatic carbocycles. The van der Waals surface area contributed by atoms with Crippen molar-refractivity contribution in [1.82, 2.24) is 0 Å². The van der Waals surface area contributed by atoms with Gasteiger partial charge in [-0.25, -0.2) is 8.42 Å². The van der Waals surface area contributed by atoms with Gasteiger partial charge in [0, 0.05) is 4.88 Å². The highest BCUT2D eigenvalue weighted by atomic mass is 32.2. The average Bonchev–Trinajstić information content (AvgIpc) is 2.82. The lowest BCUT2D eigenvalue weighted by atomic mass is 10.3. The molecule has 1 amide bonds. The molecule has 0 unspecified atom stereocenters. The zero-order valence-electron chi connectivity index (χ0n) is 11.4. The Morgan fingerprint density at radius 3 is 2.57 bits per heavy atom. The second-order valence-electron chi connectivity index (χ2n) is 4.20. The Hall–Kier alpha value is -2.06. The first kappa shape index (κ1) is 15.3. The van der Waals surface area contributed by atoms with Crippen LogP contribution in [0.2, 0.25) is 0 Å². The number of primary amides is 1. The molecule has 112 valence electrons. The van der Waals surface area contributed by atoms with Crippen LogP contribution in [0.15, 0.2) is 35.2 Å². The fraction of sp³-hybridized carbons (Fsp3) is 0.154. The fourth-order valence-corrected chi connectivity index (χ4v) is 4.30. The summed E-state index contributed by atoms with van der Waals surface area (Å²) in [5.74, 6) is -0.245. The van der Waals surface area contributed by atoms with E-state index in [-0.39, 0.29) is 9.77 Å². The van der Waals surface area contributed by atoms with Crippen molar-refractivity contribution in [1.29, 1.82) is 0 Å². The molecule has 21 heavy (non-hydrogen) atoms. The number of hydrogen-bond donors (Lipinski definition) is 2. The number of carbonyl (C=O) groups is 1. The lowest BCUT2D eigenvalue weighted by Gasteiger charge is -2.11. The lowest BCUT2D eigenvalue weighted by Crippen LogP contribution is -2.14. The molecule has 0 bridgehead atoms. The number of nitrogens with one attached hydrogen (secondary N) is 1. The van der Waals surface area contributed by atoms with E-state index in [4.69, 9.17) is 10.5 Å². The van der Waals surface area contributed by atoms with Gasteiger partial charge in [-0.05, 0) is 25.1 Å². The van der Waals surface area contributed by atoms with Gasteiger partial charge in [0.25, 0.3) is 15.9 Å². The number of sulfonamides is 1. The predicted octanol–water partition coefficient (Wildman–Crippen LogP) is 1.96. The van der Waals surface area contributed by atoms with Gasteiger partial charge in [0.15, 0.2) is 0 Å². The summed E-state index contributed by atoms with van der Waals surface area (Å²) in [6.07, 6.45) is 0. The van der Waals surface area contributed by atoms with Crippen LogP contribution in [0.25, 0.3) is 0 Å². The zero-order chi connectivity index (χ0) is 15.6. The van der Waals surface area contributed by atoms with Crippen LogP contribution in [0.4, 0.5) is 5.69 Å². The number of thiophene rings is 1. The number of amides is 1. The summed E-state index contributed by atoms with van der Waals surface area (Å²) in [6.45, 7) is 1.62. The Balaban J connectivity index is 2.41. The first-order chi connectivity index (χ1) is 9.85. The zero-order valence-corrected chi connectivity index (χ0v) is 13.0. The van der Waals surface area contributed by atoms with Gasteiger partial charge in [-0.1, -0.05) is 12.1 Å². The summed E-state index contributed by atoms with van der Waals surface area (Å²) in [4.78, 5) is 11.9. The summed E-state index contributed by atoms with van der Waals surface area (Å²) in [7, 11) is -2.36. The minimum atomic E-state index is -3.82. The molecule has 1 aromatic carbocycles. The second-order valence-corrected chi connectivity index (χ2v) is 7.11. The number of aryl methyl sites for hydroxylation is 1. The van der Waals surface area contributed by atoms with Crippen LogP contribution >= 0.6 is 11.3 Å². The monoisotopic (exact) mass is 326 g/mol. The number of nitrogens with two attached hydrogens (primary N) is 1. The van der Waals surface area contributed by atoms with Crippen molar-refractivity contribution in [2.45, 2.75) is 11.8 Å². The lowest BCUT2D eigenvalue weighted by molar-refractivity contribution is 0.100. The topological polar surface area (TPSA) is 98.5 Å². The molecular weight excluding hydrogens is 312 g/mol. The molecule has 0 fully saturated rings. The number of benzene rings is 1. The third kappa shape index (κ3) is 3.17. The maximum atomic E-state index is 12.4. The Kier molecular flexibility index (Phi) is 4.19. The Morgan fingerprint density at radius 2 is 2.00 bits per heavy atom. The number of hydrogen-bond acceptors (Lipinski definition) is 5. The van der Waals surface area contributed by atoms with Gasteiger partial charge in [0.2, 0.25) is 0 Å². The summed E-state index contributed by atoms with van der Waals surface area (Å²) >= 11 is 1.04. The van der Waals surface area contributed by atoms with Gasteiger partial charge in [-0.15, -0.1) is 11.3 Å². The maximum absolute atomic E-state index is 12.4. The van der Waals surface area contributed by atoms with Gasteiger partial charge in [-0.3, -0.25) is 9.52 Å². The molecule has 0 saturated heterocycles. The van der Waals surface area contributed by atoms with Crippen molar-refractivity contribution in [2.24, 2.45) is 5.73 Å². The van der Waals surface area contributed by atoms with Crippen LogP contribution in [0.5, 0.6) is 5.75 Å². The molecule has 0 spiro atoms. The van der Waals surface area contributed by atoms with Crippen LogP contribution < -0.4 is 15.2 Å². The Bertz CT molecular complexity index is 781. The number of anilines is 1. The smallest absolute Gasteiger partial charge is 0.263 e. The fourth-order valence-electron chi connectivity index (χ4n) is 1.78. The molecular formula is C13H14N2O4S2. The third-order valence-corrected chi connectivity index (χ3v) is 5.44. The van der Waals surface area contributed by atoms with Crippen molar-refractivity contribution in [3.63, 3.8) is 0 Å². The highest BCUT2D eigenvalue weighted by molar-refractivity contribution is 7.93. The second kappa shape index (κ2) is 5.74. The van der Waals surface area contributed by atoms with E-state index in [1.54, 1.807) is 31.2 Å². The third-order valence-electron chi connectivity index (χ3n) is 2.76. The molecule has 3 N–H and O–H groups in total. The normalized spacial score (nSPS) is 11.1. The number of methoxy groups -OCH3 is 1. The minimum absolute atomic E-state index is 0.0345. The number of para-hydroxylation sites is 2. The quantitative estimate of drug-likeness (QED) is 0.877. The number of rotatable bonds is 5. The van der Waals surface area contributed by atoms with E-state index >= 15 is 0 Å². The first-order valence-electron chi connectivity index (χ1n) is 5.91. The van der Waals surface area contributed by atoms with Gasteiger partial charge in [0.1, 0.15) is 10.6 Å². The molecule has 0 aliphatic rings. The summed E-state index contributed by atoms with van der Waals surface area (Å²) < 4.78 is 32.4. The molecule has 0 atom stereocenters. The van der Waals surface area contributed by atoms with E-state index in [1.807, 2.05) is 0 Å². The molecule has 2 aromatic rings. The largest absolute Gasteiger partial charge is 0.495 e. The molecule has 1 aromatic heterocycles. The van der Waals surface area contributed by atoms with Crippen LogP contribution in [-0.4, -0.2) is 21.4 Å². The SMILES string of the molecule is COc1ccccc1NS(=O)(=O)c1cc(C(N)=O)sc1C. The summed E-state index contributed by atoms with van der Waals surface area (Å²) in [6, 6.07) is 7.94. The van der Waals surface area contributed by atoms with Crippen molar-refractivity contribution >= 4 is 33.0 Å². The van der Waals surface area contributed by atoms with Gasteiger partial charge in [-0.2, -0.15) is 0 Å². The molecule has 0 radical (unpaired) electrons. The van der Waals surface area contributed by atoms with E-state index in [9.17, 15) is 13.2 Å². The van der Waals surface area contributed by atoms with Crippen LogP contribution in [0.1, 0.15) is 14.5 Å². The molecule has 8 heteroatoms. The first-order valence-corrected chi connectivity index (χ1v) is 8.21. The molecule has 0 aliphatic heterocycles. The van der Waals surface area contributed by atoms with Gasteiger partial charge in [0.05, 0.1) is 17.7 Å². The van der Waals surface area contributed by atoms with Crippen molar-refractivity contribution in [2.75, 3.05) is 11.8 Å². The Labute approximate surface area is 126 Å². The number of carbonyl (C=O) groups excluding carboxylic acids is 1. The Morgan fingerprint density at radius 1 is 1.33 bits per heavy atom. The van der Waals surface area contributed by atoms with E-state index in [0.717, 1.165) is 11.3 Å². The van der Waals surface area contributed by atoms with Crippen LogP contribution in [-0.2, 0) is 10.0 Å². The highest BCUT2D eigenvalue weighted by Gasteiger charge is 2.22. The van der Waals surface area contributed by atoms with Gasteiger partial charge >= 0.3 is 0 Å². The van der Waals surface area contributed by atoms with Crippen molar-refractivity contribution < 1.29 is 17.9 Å². The van der Waals surface area contributed by atoms with Gasteiger partial charge < -0.3 is 10.5 Å². The van der Waals surface area contributed by atoms with Crippen molar-refractivity contribution in [3.8, 4) is 5.75 Å². The van der Waals surface area contributed by atoms with E-state index in [1.165, 1.54) is 13.2 Å². The molecule has 6 nitrogen and oxygen atoms in total. The molecule has 0 saturated carbocycles. The van der Waals surface area contributed by atoms with Crippen molar-refractivity contribution in [3.05, 3.63) is 40.1 Å². The highest BCUT2D eigenvalue weighted by Crippen LogP contribution is 2.30. The average molecular weight is 326 g/mol. The summed E-state index contributed by atoms with van der Waals surface area (Å²) in [5, 5.41) is 0. The molecule has 2 rings (SSSR count). The van der Waals surface area contributed by atoms with E-state index in [2.05, 4.69) is 4.72 Å². The predicted molar refractivity (Wildman–Crippen MR) is 81.4 cm³/mol. The van der Waals surface area contributed by atoms with E-state index < -0.39 is 15.9 Å². The summed E-state index contributed by atoms with van der Waals surface area (Å²) in [5.41, 5.74) is 5.50. The minimum Gasteiger partial charge on any atom is -0.495 e.